The minimum Gasteiger partial charge on any atom is -0.497 e. The molecule has 2 heterocycles. The first kappa shape index (κ1) is 17.2. The quantitative estimate of drug-likeness (QED) is 0.902. The van der Waals surface area contributed by atoms with Crippen LogP contribution in [0.2, 0.25) is 0 Å². The summed E-state index contributed by atoms with van der Waals surface area (Å²) in [6, 6.07) is 10.9. The lowest BCUT2D eigenvalue weighted by Gasteiger charge is -2.18. The van der Waals surface area contributed by atoms with Crippen LogP contribution in [0.4, 0.5) is 0 Å². The van der Waals surface area contributed by atoms with E-state index in [2.05, 4.69) is 4.98 Å². The number of amides is 1. The van der Waals surface area contributed by atoms with Gasteiger partial charge in [0, 0.05) is 24.6 Å². The molecule has 1 atom stereocenters. The molecule has 1 amide bonds. The molecule has 1 aliphatic heterocycles. The van der Waals surface area contributed by atoms with Crippen LogP contribution in [0.5, 0.6) is 11.5 Å². The summed E-state index contributed by atoms with van der Waals surface area (Å²) in [6.45, 7) is 1.09. The van der Waals surface area contributed by atoms with Gasteiger partial charge in [0.05, 0.1) is 26.5 Å². The summed E-state index contributed by atoms with van der Waals surface area (Å²) in [5.74, 6) is 1.66. The highest BCUT2D eigenvalue weighted by Crippen LogP contribution is 2.36. The van der Waals surface area contributed by atoms with Gasteiger partial charge in [-0.3, -0.25) is 4.79 Å². The lowest BCUT2D eigenvalue weighted by atomic mass is 9.97. The van der Waals surface area contributed by atoms with Gasteiger partial charge in [-0.1, -0.05) is 6.07 Å². The van der Waals surface area contributed by atoms with E-state index in [1.165, 1.54) is 0 Å². The van der Waals surface area contributed by atoms with Gasteiger partial charge in [-0.2, -0.15) is 0 Å². The lowest BCUT2D eigenvalue weighted by Crippen LogP contribution is -2.29. The van der Waals surface area contributed by atoms with Crippen molar-refractivity contribution in [1.29, 1.82) is 0 Å². The molecule has 1 N–H and O–H groups in total. The highest BCUT2D eigenvalue weighted by Gasteiger charge is 2.30. The van der Waals surface area contributed by atoms with Crippen LogP contribution in [-0.4, -0.2) is 48.2 Å². The van der Waals surface area contributed by atoms with Gasteiger partial charge in [-0.15, -0.1) is 0 Å². The summed E-state index contributed by atoms with van der Waals surface area (Å²) in [7, 11) is 3.28. The average Bonchev–Trinajstić information content (AvgIpc) is 3.16. The molecule has 1 aromatic carbocycles. The maximum absolute atomic E-state index is 12.7. The fourth-order valence-electron chi connectivity index (χ4n) is 3.21. The van der Waals surface area contributed by atoms with Gasteiger partial charge in [-0.25, -0.2) is 4.98 Å². The number of methoxy groups -OCH3 is 2. The minimum absolute atomic E-state index is 0.111. The van der Waals surface area contributed by atoms with Crippen LogP contribution in [0.25, 0.3) is 0 Å². The molecule has 0 radical (unpaired) electrons. The lowest BCUT2D eigenvalue weighted by molar-refractivity contribution is 0.0784. The Morgan fingerprint density at radius 3 is 2.84 bits per heavy atom. The van der Waals surface area contributed by atoms with Crippen molar-refractivity contribution in [3.63, 3.8) is 0 Å². The zero-order valence-electron chi connectivity index (χ0n) is 14.4. The number of aromatic nitrogens is 1. The van der Waals surface area contributed by atoms with E-state index in [0.29, 0.717) is 24.5 Å². The Morgan fingerprint density at radius 1 is 1.28 bits per heavy atom. The molecule has 6 nitrogen and oxygen atoms in total. The minimum atomic E-state index is -0.176. The second-order valence-corrected chi connectivity index (χ2v) is 6.02. The highest BCUT2D eigenvalue weighted by atomic mass is 16.5. The SMILES string of the molecule is COc1ccc(OC)c([C@H]2CCN(C(=O)c3cccc(CO)n3)C2)c1. The highest BCUT2D eigenvalue weighted by molar-refractivity contribution is 5.92. The Bertz CT molecular complexity index is 763. The van der Waals surface area contributed by atoms with E-state index in [9.17, 15) is 9.90 Å². The van der Waals surface area contributed by atoms with E-state index in [0.717, 1.165) is 23.5 Å². The number of carbonyl (C=O) groups is 1. The molecule has 0 saturated carbocycles. The first-order valence-corrected chi connectivity index (χ1v) is 8.24. The van der Waals surface area contributed by atoms with Crippen molar-refractivity contribution in [1.82, 2.24) is 9.88 Å². The predicted octanol–water partition coefficient (Wildman–Crippen LogP) is 2.22. The van der Waals surface area contributed by atoms with E-state index in [4.69, 9.17) is 9.47 Å². The third kappa shape index (κ3) is 3.58. The molecular weight excluding hydrogens is 320 g/mol. The number of pyridine rings is 1. The second kappa shape index (κ2) is 7.53. The summed E-state index contributed by atoms with van der Waals surface area (Å²) in [5, 5.41) is 9.19. The third-order valence-electron chi connectivity index (χ3n) is 4.54. The molecular formula is C19H22N2O4. The summed E-state index contributed by atoms with van der Waals surface area (Å²) >= 11 is 0. The Labute approximate surface area is 147 Å². The number of ether oxygens (including phenoxy) is 2. The number of hydrogen-bond donors (Lipinski definition) is 1. The van der Waals surface area contributed by atoms with Gasteiger partial charge in [0.2, 0.25) is 0 Å². The van der Waals surface area contributed by atoms with Gasteiger partial charge in [-0.05, 0) is 36.8 Å². The van der Waals surface area contributed by atoms with Crippen LogP contribution in [0.1, 0.15) is 34.1 Å². The van der Waals surface area contributed by atoms with Crippen molar-refractivity contribution < 1.29 is 19.4 Å². The first-order chi connectivity index (χ1) is 12.2. The second-order valence-electron chi connectivity index (χ2n) is 6.02. The van der Waals surface area contributed by atoms with Gasteiger partial charge in [0.15, 0.2) is 0 Å². The first-order valence-electron chi connectivity index (χ1n) is 8.24. The molecule has 132 valence electrons. The van der Waals surface area contributed by atoms with Gasteiger partial charge in [0.1, 0.15) is 17.2 Å². The fraction of sp³-hybridized carbons (Fsp3) is 0.368. The molecule has 1 fully saturated rings. The number of nitrogens with zero attached hydrogens (tertiary/aromatic N) is 2. The smallest absolute Gasteiger partial charge is 0.272 e. The van der Waals surface area contributed by atoms with Crippen LogP contribution in [0.3, 0.4) is 0 Å². The Kier molecular flexibility index (Phi) is 5.19. The van der Waals surface area contributed by atoms with Crippen molar-refractivity contribution in [2.45, 2.75) is 18.9 Å². The van der Waals surface area contributed by atoms with Gasteiger partial charge in [0.25, 0.3) is 5.91 Å². The molecule has 1 saturated heterocycles. The van der Waals surface area contributed by atoms with E-state index < -0.39 is 0 Å². The monoisotopic (exact) mass is 342 g/mol. The van der Waals surface area contributed by atoms with Crippen molar-refractivity contribution >= 4 is 5.91 Å². The van der Waals surface area contributed by atoms with Crippen molar-refractivity contribution in [3.8, 4) is 11.5 Å². The Hall–Kier alpha value is -2.60. The molecule has 1 aromatic heterocycles. The molecule has 0 unspecified atom stereocenters. The molecule has 6 heteroatoms. The van der Waals surface area contributed by atoms with E-state index in [-0.39, 0.29) is 18.4 Å². The largest absolute Gasteiger partial charge is 0.497 e. The number of hydrogen-bond acceptors (Lipinski definition) is 5. The van der Waals surface area contributed by atoms with E-state index >= 15 is 0 Å². The predicted molar refractivity (Wildman–Crippen MR) is 93.0 cm³/mol. The molecule has 0 aliphatic carbocycles. The summed E-state index contributed by atoms with van der Waals surface area (Å²) in [5.41, 5.74) is 1.91. The number of carbonyl (C=O) groups excluding carboxylic acids is 1. The number of aliphatic hydroxyl groups is 1. The topological polar surface area (TPSA) is 71.9 Å². The molecule has 25 heavy (non-hydrogen) atoms. The van der Waals surface area contributed by atoms with Crippen LogP contribution >= 0.6 is 0 Å². The van der Waals surface area contributed by atoms with E-state index in [1.54, 1.807) is 37.3 Å². The number of aliphatic hydroxyl groups excluding tert-OH is 1. The maximum Gasteiger partial charge on any atom is 0.272 e. The van der Waals surface area contributed by atoms with Crippen molar-refractivity contribution in [3.05, 3.63) is 53.3 Å². The van der Waals surface area contributed by atoms with Crippen LogP contribution in [0, 0.1) is 0 Å². The Balaban J connectivity index is 1.78. The van der Waals surface area contributed by atoms with E-state index in [1.807, 2.05) is 18.2 Å². The zero-order valence-corrected chi connectivity index (χ0v) is 14.4. The van der Waals surface area contributed by atoms with Gasteiger partial charge < -0.3 is 19.5 Å². The van der Waals surface area contributed by atoms with Crippen molar-refractivity contribution in [2.75, 3.05) is 27.3 Å². The standard InChI is InChI=1S/C19H22N2O4/c1-24-15-6-7-18(25-2)16(10-15)13-8-9-21(11-13)19(23)17-5-3-4-14(12-22)20-17/h3-7,10,13,22H,8-9,11-12H2,1-2H3/t13-/m0/s1. The average molecular weight is 342 g/mol. The third-order valence-corrected chi connectivity index (χ3v) is 4.54. The van der Waals surface area contributed by atoms with Gasteiger partial charge >= 0.3 is 0 Å². The molecule has 3 rings (SSSR count). The van der Waals surface area contributed by atoms with Crippen LogP contribution in [0.15, 0.2) is 36.4 Å². The summed E-state index contributed by atoms with van der Waals surface area (Å²) < 4.78 is 10.8. The molecule has 0 spiro atoms. The number of benzene rings is 1. The molecule has 1 aliphatic rings. The summed E-state index contributed by atoms with van der Waals surface area (Å²) in [6.07, 6.45) is 0.856. The number of rotatable bonds is 5. The Morgan fingerprint density at radius 2 is 2.12 bits per heavy atom. The van der Waals surface area contributed by atoms with Crippen LogP contribution < -0.4 is 9.47 Å². The molecule has 0 bridgehead atoms. The normalized spacial score (nSPS) is 16.8. The number of likely N-dealkylation sites (tertiary alicyclic amines) is 1. The maximum atomic E-state index is 12.7. The zero-order chi connectivity index (χ0) is 17.8. The van der Waals surface area contributed by atoms with Crippen molar-refractivity contribution in [2.24, 2.45) is 0 Å². The van der Waals surface area contributed by atoms with Crippen LogP contribution in [-0.2, 0) is 6.61 Å². The fourth-order valence-corrected chi connectivity index (χ4v) is 3.21. The molecule has 2 aromatic rings. The summed E-state index contributed by atoms with van der Waals surface area (Å²) in [4.78, 5) is 18.7.